The summed E-state index contributed by atoms with van der Waals surface area (Å²) in [7, 11) is 3.12. The van der Waals surface area contributed by atoms with Crippen molar-refractivity contribution in [3.05, 3.63) is 70.5 Å². The summed E-state index contributed by atoms with van der Waals surface area (Å²) >= 11 is 1.27. The molecule has 1 N–H and O–H groups in total. The summed E-state index contributed by atoms with van der Waals surface area (Å²) in [5.74, 6) is 1.68. The molecule has 4 aromatic rings. The number of ether oxygens (including phenoxy) is 2. The summed E-state index contributed by atoms with van der Waals surface area (Å²) in [6.07, 6.45) is 0.781. The van der Waals surface area contributed by atoms with Crippen molar-refractivity contribution in [3.8, 4) is 11.5 Å². The van der Waals surface area contributed by atoms with Crippen LogP contribution in [-0.4, -0.2) is 45.5 Å². The van der Waals surface area contributed by atoms with Crippen molar-refractivity contribution < 1.29 is 14.3 Å². The Balaban J connectivity index is 1.47. The number of hydrogen-bond acceptors (Lipinski definition) is 7. The molecule has 0 saturated heterocycles. The molecule has 0 bridgehead atoms. The van der Waals surface area contributed by atoms with Crippen LogP contribution in [0.25, 0.3) is 5.78 Å². The number of amides is 1. The van der Waals surface area contributed by atoms with Gasteiger partial charge in [-0.2, -0.15) is 4.98 Å². The first kappa shape index (κ1) is 23.6. The first-order valence-electron chi connectivity index (χ1n) is 10.8. The fourth-order valence-corrected chi connectivity index (χ4v) is 4.36. The summed E-state index contributed by atoms with van der Waals surface area (Å²) in [5, 5.41) is 7.96. The number of methoxy groups -OCH3 is 2. The fourth-order valence-electron chi connectivity index (χ4n) is 3.75. The summed E-state index contributed by atoms with van der Waals surface area (Å²) < 4.78 is 12.3. The van der Waals surface area contributed by atoms with Crippen LogP contribution in [0.3, 0.4) is 0 Å². The lowest BCUT2D eigenvalue weighted by atomic mass is 9.99. The van der Waals surface area contributed by atoms with Crippen LogP contribution in [0.2, 0.25) is 0 Å². The van der Waals surface area contributed by atoms with Gasteiger partial charge in [-0.3, -0.25) is 4.79 Å². The number of benzene rings is 2. The molecule has 0 unspecified atom stereocenters. The van der Waals surface area contributed by atoms with Gasteiger partial charge < -0.3 is 14.8 Å². The molecule has 8 nitrogen and oxygen atoms in total. The van der Waals surface area contributed by atoms with Crippen LogP contribution in [-0.2, 0) is 11.2 Å². The lowest BCUT2D eigenvalue weighted by molar-refractivity contribution is -0.113. The van der Waals surface area contributed by atoms with E-state index in [1.165, 1.54) is 22.9 Å². The highest BCUT2D eigenvalue weighted by Crippen LogP contribution is 2.30. The Labute approximate surface area is 202 Å². The number of fused-ring (bicyclic) bond motifs is 1. The van der Waals surface area contributed by atoms with Crippen LogP contribution >= 0.6 is 11.8 Å². The largest absolute Gasteiger partial charge is 0.493 e. The van der Waals surface area contributed by atoms with Gasteiger partial charge in [0.15, 0.2) is 11.5 Å². The lowest BCUT2D eigenvalue weighted by Gasteiger charge is -2.12. The second-order valence-corrected chi connectivity index (χ2v) is 8.82. The van der Waals surface area contributed by atoms with E-state index in [0.717, 1.165) is 23.4 Å². The van der Waals surface area contributed by atoms with E-state index in [2.05, 4.69) is 45.5 Å². The predicted molar refractivity (Wildman–Crippen MR) is 133 cm³/mol. The quantitative estimate of drug-likeness (QED) is 0.377. The second-order valence-electron chi connectivity index (χ2n) is 7.88. The van der Waals surface area contributed by atoms with E-state index in [0.29, 0.717) is 28.1 Å². The molecule has 9 heteroatoms. The predicted octanol–water partition coefficient (Wildman–Crippen LogP) is 4.39. The number of nitrogens with zero attached hydrogens (tertiary/aromatic N) is 4. The molecule has 2 aromatic heterocycles. The van der Waals surface area contributed by atoms with E-state index < -0.39 is 0 Å². The average Bonchev–Trinajstić information content (AvgIpc) is 3.24. The highest BCUT2D eigenvalue weighted by atomic mass is 32.2. The number of carbonyl (C=O) groups is 1. The molecule has 0 aliphatic heterocycles. The summed E-state index contributed by atoms with van der Waals surface area (Å²) in [4.78, 5) is 21.7. The van der Waals surface area contributed by atoms with Gasteiger partial charge in [0.25, 0.3) is 5.78 Å². The van der Waals surface area contributed by atoms with E-state index in [1.807, 2.05) is 19.9 Å². The minimum atomic E-state index is -0.169. The first-order chi connectivity index (χ1) is 16.4. The van der Waals surface area contributed by atoms with Crippen LogP contribution in [0.4, 0.5) is 5.69 Å². The molecule has 2 heterocycles. The molecule has 2 aromatic carbocycles. The Morgan fingerprint density at radius 2 is 1.79 bits per heavy atom. The first-order valence-corrected chi connectivity index (χ1v) is 11.8. The number of anilines is 1. The SMILES string of the molecule is COc1ccc(NC(=O)CSc2nc3nc(C)c(Cc4ccccc4C)c(C)n3n2)cc1OC. The Hall–Kier alpha value is -3.59. The third-order valence-corrected chi connectivity index (χ3v) is 6.50. The number of nitrogens with one attached hydrogen (secondary N) is 1. The highest BCUT2D eigenvalue weighted by molar-refractivity contribution is 7.99. The molecule has 4 rings (SSSR count). The maximum absolute atomic E-state index is 12.5. The van der Waals surface area contributed by atoms with Gasteiger partial charge in [0.2, 0.25) is 11.1 Å². The van der Waals surface area contributed by atoms with Crippen LogP contribution in [0, 0.1) is 20.8 Å². The maximum Gasteiger partial charge on any atom is 0.253 e. The maximum atomic E-state index is 12.5. The van der Waals surface area contributed by atoms with E-state index in [-0.39, 0.29) is 11.7 Å². The van der Waals surface area contributed by atoms with E-state index in [9.17, 15) is 4.79 Å². The van der Waals surface area contributed by atoms with Crippen molar-refractivity contribution >= 4 is 29.1 Å². The van der Waals surface area contributed by atoms with Crippen molar-refractivity contribution in [1.29, 1.82) is 0 Å². The Morgan fingerprint density at radius 3 is 2.53 bits per heavy atom. The van der Waals surface area contributed by atoms with Crippen LogP contribution in [0.5, 0.6) is 11.5 Å². The van der Waals surface area contributed by atoms with Crippen molar-refractivity contribution in [3.63, 3.8) is 0 Å². The molecule has 0 atom stereocenters. The normalized spacial score (nSPS) is 11.0. The number of hydrogen-bond donors (Lipinski definition) is 1. The molecule has 1 amide bonds. The van der Waals surface area contributed by atoms with Crippen molar-refractivity contribution in [2.45, 2.75) is 32.3 Å². The number of thioether (sulfide) groups is 1. The molecule has 0 saturated carbocycles. The summed E-state index contributed by atoms with van der Waals surface area (Å²) in [6, 6.07) is 13.6. The van der Waals surface area contributed by atoms with Crippen molar-refractivity contribution in [1.82, 2.24) is 19.6 Å². The summed E-state index contributed by atoms with van der Waals surface area (Å²) in [5.41, 5.74) is 6.20. The van der Waals surface area contributed by atoms with E-state index in [4.69, 9.17) is 9.47 Å². The van der Waals surface area contributed by atoms with Gasteiger partial charge in [0.1, 0.15) is 0 Å². The third kappa shape index (κ3) is 4.99. The van der Waals surface area contributed by atoms with Crippen LogP contribution < -0.4 is 14.8 Å². The Morgan fingerprint density at radius 1 is 1.03 bits per heavy atom. The third-order valence-electron chi connectivity index (χ3n) is 5.66. The van der Waals surface area contributed by atoms with Gasteiger partial charge >= 0.3 is 0 Å². The monoisotopic (exact) mass is 477 g/mol. The van der Waals surface area contributed by atoms with Gasteiger partial charge in [0, 0.05) is 29.6 Å². The van der Waals surface area contributed by atoms with E-state index in [1.54, 1.807) is 36.9 Å². The molecule has 0 aliphatic rings. The van der Waals surface area contributed by atoms with Gasteiger partial charge in [0.05, 0.1) is 20.0 Å². The van der Waals surface area contributed by atoms with Crippen molar-refractivity contribution in [2.75, 3.05) is 25.3 Å². The molecule has 0 spiro atoms. The number of rotatable bonds is 8. The molecular formula is C25H27N5O3S. The summed E-state index contributed by atoms with van der Waals surface area (Å²) in [6.45, 7) is 6.14. The smallest absolute Gasteiger partial charge is 0.253 e. The standard InChI is InChI=1S/C25H27N5O3S/c1-15-8-6-7-9-18(15)12-20-16(2)26-24-28-25(29-30(24)17(20)3)34-14-23(31)27-19-10-11-21(32-4)22(13-19)33-5/h6-11,13H,12,14H2,1-5H3,(H,27,31). The van der Waals surface area contributed by atoms with Crippen LogP contribution in [0.1, 0.15) is 28.1 Å². The molecule has 0 radical (unpaired) electrons. The van der Waals surface area contributed by atoms with E-state index >= 15 is 0 Å². The van der Waals surface area contributed by atoms with Gasteiger partial charge in [-0.1, -0.05) is 36.0 Å². The number of carbonyl (C=O) groups excluding carboxylic acids is 1. The van der Waals surface area contributed by atoms with Gasteiger partial charge in [-0.15, -0.1) is 5.10 Å². The Bertz CT molecular complexity index is 1350. The fraction of sp³-hybridized carbons (Fsp3) is 0.280. The number of aryl methyl sites for hydroxylation is 3. The topological polar surface area (TPSA) is 90.6 Å². The zero-order valence-electron chi connectivity index (χ0n) is 19.9. The zero-order chi connectivity index (χ0) is 24.2. The molecule has 34 heavy (non-hydrogen) atoms. The molecule has 0 fully saturated rings. The molecular weight excluding hydrogens is 450 g/mol. The second kappa shape index (κ2) is 10.1. The number of aromatic nitrogens is 4. The minimum absolute atomic E-state index is 0.166. The minimum Gasteiger partial charge on any atom is -0.493 e. The molecule has 0 aliphatic carbocycles. The highest BCUT2D eigenvalue weighted by Gasteiger charge is 2.16. The average molecular weight is 478 g/mol. The van der Waals surface area contributed by atoms with Gasteiger partial charge in [-0.25, -0.2) is 9.50 Å². The molecule has 176 valence electrons. The zero-order valence-corrected chi connectivity index (χ0v) is 20.7. The lowest BCUT2D eigenvalue weighted by Crippen LogP contribution is -2.14. The van der Waals surface area contributed by atoms with Crippen LogP contribution in [0.15, 0.2) is 47.6 Å². The Kier molecular flexibility index (Phi) is 7.02. The van der Waals surface area contributed by atoms with Gasteiger partial charge in [-0.05, 0) is 49.6 Å². The van der Waals surface area contributed by atoms with Crippen molar-refractivity contribution in [2.24, 2.45) is 0 Å².